The number of ether oxygens (including phenoxy) is 1. The fourth-order valence-electron chi connectivity index (χ4n) is 3.99. The standard InChI is InChI=1S/C20H26N4O5S/c1-28-14-18(25)23-10-4-5-16(13-23)20-21-19(22-29-20)15-6-8-17(9-7-15)30(26,27)24-11-2-3-12-24/h6-9,16H,2-5,10-14H2,1H3. The molecule has 2 fully saturated rings. The maximum atomic E-state index is 12.7. The summed E-state index contributed by atoms with van der Waals surface area (Å²) in [5.41, 5.74) is 0.688. The maximum absolute atomic E-state index is 12.7. The summed E-state index contributed by atoms with van der Waals surface area (Å²) in [5.74, 6) is 0.844. The molecule has 1 aromatic heterocycles. The van der Waals surface area contributed by atoms with Gasteiger partial charge in [0.1, 0.15) is 6.61 Å². The lowest BCUT2D eigenvalue weighted by Crippen LogP contribution is -2.40. The van der Waals surface area contributed by atoms with E-state index in [1.807, 2.05) is 0 Å². The van der Waals surface area contributed by atoms with Crippen molar-refractivity contribution in [3.8, 4) is 11.4 Å². The lowest BCUT2D eigenvalue weighted by Gasteiger charge is -2.30. The van der Waals surface area contributed by atoms with Gasteiger partial charge in [0.15, 0.2) is 0 Å². The molecule has 9 nitrogen and oxygen atoms in total. The molecule has 1 unspecified atom stereocenters. The first-order chi connectivity index (χ1) is 14.5. The second kappa shape index (κ2) is 8.83. The van der Waals surface area contributed by atoms with E-state index in [0.717, 1.165) is 25.7 Å². The Morgan fingerprint density at radius 2 is 1.90 bits per heavy atom. The summed E-state index contributed by atoms with van der Waals surface area (Å²) in [4.78, 5) is 18.6. The summed E-state index contributed by atoms with van der Waals surface area (Å²) in [6.45, 7) is 2.44. The molecule has 0 bridgehead atoms. The lowest BCUT2D eigenvalue weighted by atomic mass is 9.98. The van der Waals surface area contributed by atoms with E-state index in [0.29, 0.717) is 43.5 Å². The van der Waals surface area contributed by atoms with Gasteiger partial charge in [0.2, 0.25) is 27.6 Å². The van der Waals surface area contributed by atoms with Gasteiger partial charge in [-0.3, -0.25) is 4.79 Å². The topological polar surface area (TPSA) is 106 Å². The van der Waals surface area contributed by atoms with Gasteiger partial charge < -0.3 is 14.2 Å². The van der Waals surface area contributed by atoms with Gasteiger partial charge in [-0.2, -0.15) is 9.29 Å². The van der Waals surface area contributed by atoms with E-state index in [1.54, 1.807) is 29.2 Å². The van der Waals surface area contributed by atoms with Crippen LogP contribution in [0.2, 0.25) is 0 Å². The second-order valence-corrected chi connectivity index (χ2v) is 9.64. The van der Waals surface area contributed by atoms with Crippen LogP contribution in [-0.2, 0) is 19.6 Å². The molecule has 0 spiro atoms. The lowest BCUT2D eigenvalue weighted by molar-refractivity contribution is -0.136. The Labute approximate surface area is 176 Å². The number of benzene rings is 1. The molecule has 0 N–H and O–H groups in total. The Morgan fingerprint density at radius 1 is 1.17 bits per heavy atom. The number of likely N-dealkylation sites (tertiary alicyclic amines) is 1. The summed E-state index contributed by atoms with van der Waals surface area (Å²) >= 11 is 0. The zero-order chi connectivity index (χ0) is 21.1. The third-order valence-electron chi connectivity index (χ3n) is 5.65. The zero-order valence-corrected chi connectivity index (χ0v) is 17.8. The molecule has 2 saturated heterocycles. The average molecular weight is 435 g/mol. The van der Waals surface area contributed by atoms with E-state index in [1.165, 1.54) is 11.4 Å². The molecule has 1 aromatic carbocycles. The molecule has 30 heavy (non-hydrogen) atoms. The summed E-state index contributed by atoms with van der Waals surface area (Å²) < 4.78 is 37.2. The van der Waals surface area contributed by atoms with Crippen molar-refractivity contribution in [3.63, 3.8) is 0 Å². The van der Waals surface area contributed by atoms with Gasteiger partial charge in [-0.15, -0.1) is 0 Å². The molecule has 1 amide bonds. The third kappa shape index (κ3) is 4.26. The van der Waals surface area contributed by atoms with Crippen LogP contribution in [0, 0.1) is 0 Å². The highest BCUT2D eigenvalue weighted by molar-refractivity contribution is 7.89. The Balaban J connectivity index is 1.47. The van der Waals surface area contributed by atoms with Crippen LogP contribution in [0.3, 0.4) is 0 Å². The zero-order valence-electron chi connectivity index (χ0n) is 17.0. The van der Waals surface area contributed by atoms with Crippen LogP contribution in [0.1, 0.15) is 37.5 Å². The highest BCUT2D eigenvalue weighted by atomic mass is 32.2. The van der Waals surface area contributed by atoms with Gasteiger partial charge in [-0.05, 0) is 49.9 Å². The number of methoxy groups -OCH3 is 1. The van der Waals surface area contributed by atoms with Gasteiger partial charge in [0, 0.05) is 38.9 Å². The van der Waals surface area contributed by atoms with Crippen LogP contribution < -0.4 is 0 Å². The second-order valence-electron chi connectivity index (χ2n) is 7.70. The van der Waals surface area contributed by atoms with Crippen molar-refractivity contribution in [2.45, 2.75) is 36.5 Å². The molecule has 2 aromatic rings. The predicted molar refractivity (Wildman–Crippen MR) is 108 cm³/mol. The monoisotopic (exact) mass is 434 g/mol. The van der Waals surface area contributed by atoms with Crippen LogP contribution in [0.15, 0.2) is 33.7 Å². The first kappa shape index (κ1) is 21.0. The first-order valence-electron chi connectivity index (χ1n) is 10.2. The normalized spacial score (nSPS) is 20.6. The van der Waals surface area contributed by atoms with Crippen molar-refractivity contribution in [2.24, 2.45) is 0 Å². The van der Waals surface area contributed by atoms with Crippen molar-refractivity contribution in [1.29, 1.82) is 0 Å². The number of sulfonamides is 1. The van der Waals surface area contributed by atoms with Gasteiger partial charge >= 0.3 is 0 Å². The van der Waals surface area contributed by atoms with Crippen molar-refractivity contribution >= 4 is 15.9 Å². The molecule has 3 heterocycles. The molecule has 10 heteroatoms. The van der Waals surface area contributed by atoms with Gasteiger partial charge in [-0.1, -0.05) is 5.16 Å². The van der Waals surface area contributed by atoms with Crippen LogP contribution in [-0.4, -0.2) is 73.6 Å². The number of rotatable bonds is 6. The SMILES string of the molecule is COCC(=O)N1CCCC(c2nc(-c3ccc(S(=O)(=O)N4CCCC4)cc3)no2)C1. The molecule has 4 rings (SSSR count). The Bertz CT molecular complexity index is 983. The number of piperidine rings is 1. The Morgan fingerprint density at radius 3 is 2.60 bits per heavy atom. The fourth-order valence-corrected chi connectivity index (χ4v) is 5.51. The van der Waals surface area contributed by atoms with Gasteiger partial charge in [0.25, 0.3) is 0 Å². The number of hydrogen-bond acceptors (Lipinski definition) is 7. The predicted octanol–water partition coefficient (Wildman–Crippen LogP) is 1.87. The van der Waals surface area contributed by atoms with Gasteiger partial charge in [0.05, 0.1) is 10.8 Å². The summed E-state index contributed by atoms with van der Waals surface area (Å²) in [6, 6.07) is 6.58. The number of amides is 1. The van der Waals surface area contributed by atoms with Gasteiger partial charge in [-0.25, -0.2) is 8.42 Å². The molecular formula is C20H26N4O5S. The average Bonchev–Trinajstić information content (AvgIpc) is 3.47. The first-order valence-corrected chi connectivity index (χ1v) is 11.6. The number of hydrogen-bond donors (Lipinski definition) is 0. The molecule has 0 aliphatic carbocycles. The third-order valence-corrected chi connectivity index (χ3v) is 7.56. The van der Waals surface area contributed by atoms with E-state index in [9.17, 15) is 13.2 Å². The van der Waals surface area contributed by atoms with E-state index in [4.69, 9.17) is 9.26 Å². The van der Waals surface area contributed by atoms with E-state index < -0.39 is 10.0 Å². The van der Waals surface area contributed by atoms with Crippen molar-refractivity contribution in [2.75, 3.05) is 39.9 Å². The van der Waals surface area contributed by atoms with E-state index >= 15 is 0 Å². The molecular weight excluding hydrogens is 408 g/mol. The van der Waals surface area contributed by atoms with Crippen molar-refractivity contribution in [3.05, 3.63) is 30.2 Å². The maximum Gasteiger partial charge on any atom is 0.248 e. The smallest absolute Gasteiger partial charge is 0.248 e. The highest BCUT2D eigenvalue weighted by Gasteiger charge is 2.29. The van der Waals surface area contributed by atoms with E-state index in [2.05, 4.69) is 10.1 Å². The number of aromatic nitrogens is 2. The number of carbonyl (C=O) groups excluding carboxylic acids is 1. The van der Waals surface area contributed by atoms with Crippen molar-refractivity contribution < 1.29 is 22.5 Å². The summed E-state index contributed by atoms with van der Waals surface area (Å²) in [6.07, 6.45) is 3.53. The minimum Gasteiger partial charge on any atom is -0.375 e. The fraction of sp³-hybridized carbons (Fsp3) is 0.550. The minimum absolute atomic E-state index is 0.0179. The molecule has 2 aliphatic rings. The van der Waals surface area contributed by atoms with E-state index in [-0.39, 0.29) is 23.3 Å². The van der Waals surface area contributed by atoms with Crippen molar-refractivity contribution in [1.82, 2.24) is 19.3 Å². The highest BCUT2D eigenvalue weighted by Crippen LogP contribution is 2.28. The summed E-state index contributed by atoms with van der Waals surface area (Å²) in [7, 11) is -1.94. The largest absolute Gasteiger partial charge is 0.375 e. The molecule has 0 radical (unpaired) electrons. The quantitative estimate of drug-likeness (QED) is 0.683. The van der Waals surface area contributed by atoms with Crippen LogP contribution >= 0.6 is 0 Å². The molecule has 162 valence electrons. The Kier molecular flexibility index (Phi) is 6.16. The number of nitrogens with zero attached hydrogens (tertiary/aromatic N) is 4. The summed E-state index contributed by atoms with van der Waals surface area (Å²) in [5, 5.41) is 4.06. The number of carbonyl (C=O) groups is 1. The van der Waals surface area contributed by atoms with Crippen LogP contribution in [0.4, 0.5) is 0 Å². The minimum atomic E-state index is -3.45. The molecule has 1 atom stereocenters. The molecule has 0 saturated carbocycles. The van der Waals surface area contributed by atoms with Crippen LogP contribution in [0.25, 0.3) is 11.4 Å². The van der Waals surface area contributed by atoms with Crippen LogP contribution in [0.5, 0.6) is 0 Å². The molecule has 2 aliphatic heterocycles. The Hall–Kier alpha value is -2.30.